The Morgan fingerprint density at radius 2 is 1.86 bits per heavy atom. The molecule has 3 rings (SSSR count). The third kappa shape index (κ3) is 7.34. The number of amides is 3. The molecule has 0 radical (unpaired) electrons. The molecule has 1 aliphatic heterocycles. The van der Waals surface area contributed by atoms with Crippen LogP contribution in [-0.4, -0.2) is 59.5 Å². The number of anilines is 1. The highest BCUT2D eigenvalue weighted by molar-refractivity contribution is 6.05. The van der Waals surface area contributed by atoms with Crippen molar-refractivity contribution in [1.29, 1.82) is 0 Å². The number of ether oxygens (including phenoxy) is 1. The van der Waals surface area contributed by atoms with Crippen LogP contribution in [0.5, 0.6) is 0 Å². The second-order valence-corrected chi connectivity index (χ2v) is 9.85. The van der Waals surface area contributed by atoms with Gasteiger partial charge in [-0.2, -0.15) is 0 Å². The van der Waals surface area contributed by atoms with E-state index in [9.17, 15) is 14.4 Å². The molecule has 2 aromatic rings. The maximum Gasteiger partial charge on any atom is 0.408 e. The van der Waals surface area contributed by atoms with E-state index >= 15 is 0 Å². The molecule has 1 fully saturated rings. The summed E-state index contributed by atoms with van der Waals surface area (Å²) >= 11 is 0. The average Bonchev–Trinajstić information content (AvgIpc) is 3.29. The monoisotopic (exact) mass is 496 g/mol. The van der Waals surface area contributed by atoms with Crippen molar-refractivity contribution in [1.82, 2.24) is 10.2 Å². The first-order valence-corrected chi connectivity index (χ1v) is 12.2. The van der Waals surface area contributed by atoms with E-state index in [2.05, 4.69) is 15.6 Å². The molecule has 10 nitrogen and oxygen atoms in total. The maximum absolute atomic E-state index is 13.5. The zero-order valence-electron chi connectivity index (χ0n) is 21.1. The molecular weight excluding hydrogens is 460 g/mol. The van der Waals surface area contributed by atoms with Crippen molar-refractivity contribution in [3.8, 4) is 0 Å². The Kier molecular flexibility index (Phi) is 8.73. The molecule has 0 aliphatic carbocycles. The smallest absolute Gasteiger partial charge is 0.408 e. The molecule has 6 N–H and O–H groups in total. The number of hydrogen-bond donors (Lipinski definition) is 4. The molecule has 0 saturated carbocycles. The van der Waals surface area contributed by atoms with Crippen molar-refractivity contribution < 1.29 is 19.1 Å². The van der Waals surface area contributed by atoms with Crippen LogP contribution in [0.3, 0.4) is 0 Å². The lowest BCUT2D eigenvalue weighted by Crippen LogP contribution is -2.53. The number of hydrogen-bond acceptors (Lipinski definition) is 5. The Labute approximate surface area is 211 Å². The third-order valence-electron chi connectivity index (χ3n) is 5.82. The molecule has 0 unspecified atom stereocenters. The van der Waals surface area contributed by atoms with E-state index in [0.29, 0.717) is 44.5 Å². The molecule has 194 valence electrons. The molecule has 10 heteroatoms. The quantitative estimate of drug-likeness (QED) is 0.250. The van der Waals surface area contributed by atoms with E-state index in [1.165, 1.54) is 0 Å². The summed E-state index contributed by atoms with van der Waals surface area (Å²) in [4.78, 5) is 44.8. The number of nitrogens with two attached hydrogens (primary N) is 2. The topological polar surface area (TPSA) is 152 Å². The van der Waals surface area contributed by atoms with Crippen molar-refractivity contribution in [2.24, 2.45) is 16.5 Å². The van der Waals surface area contributed by atoms with Crippen LogP contribution in [-0.2, 0) is 14.3 Å². The highest BCUT2D eigenvalue weighted by Crippen LogP contribution is 2.26. The lowest BCUT2D eigenvalue weighted by molar-refractivity contribution is -0.138. The summed E-state index contributed by atoms with van der Waals surface area (Å²) in [5.74, 6) is -0.627. The van der Waals surface area contributed by atoms with Gasteiger partial charge in [-0.25, -0.2) is 4.79 Å². The standard InChI is InChI=1S/C26H36N6O4/c1-26(2,3)36-25(35)31-20(13-7-15-29-24(27)28)23(34)32-16-8-14-21(32)22(33)30-19-12-6-10-17-9-4-5-11-18(17)19/h4-6,9-12,20-21H,7-8,13-16H2,1-3H3,(H,30,33)(H,31,35)(H4,27,28,29)/t20-,21-/m0/s1. The van der Waals surface area contributed by atoms with Crippen molar-refractivity contribution >= 4 is 40.3 Å². The van der Waals surface area contributed by atoms with Crippen LogP contribution in [0.1, 0.15) is 46.5 Å². The van der Waals surface area contributed by atoms with Crippen molar-refractivity contribution in [2.75, 3.05) is 18.4 Å². The van der Waals surface area contributed by atoms with Gasteiger partial charge in [0.05, 0.1) is 0 Å². The van der Waals surface area contributed by atoms with Gasteiger partial charge in [0.25, 0.3) is 0 Å². The van der Waals surface area contributed by atoms with Gasteiger partial charge >= 0.3 is 6.09 Å². The van der Waals surface area contributed by atoms with Crippen LogP contribution < -0.4 is 22.1 Å². The molecule has 0 spiro atoms. The SMILES string of the molecule is CC(C)(C)OC(=O)N[C@@H](CCCN=C(N)N)C(=O)N1CCC[C@H]1C(=O)Nc1cccc2ccccc12. The van der Waals surface area contributed by atoms with E-state index in [-0.39, 0.29) is 17.8 Å². The lowest BCUT2D eigenvalue weighted by Gasteiger charge is -2.29. The summed E-state index contributed by atoms with van der Waals surface area (Å²) in [6.45, 7) is 5.97. The average molecular weight is 497 g/mol. The molecule has 36 heavy (non-hydrogen) atoms. The Morgan fingerprint density at radius 1 is 1.14 bits per heavy atom. The van der Waals surface area contributed by atoms with Crippen LogP contribution in [0.4, 0.5) is 10.5 Å². The molecule has 1 saturated heterocycles. The maximum atomic E-state index is 13.5. The van der Waals surface area contributed by atoms with Crippen LogP contribution >= 0.6 is 0 Å². The minimum atomic E-state index is -0.875. The molecule has 0 aromatic heterocycles. The molecule has 2 atom stereocenters. The summed E-state index contributed by atoms with van der Waals surface area (Å²) in [6.07, 6.45) is 1.29. The number of likely N-dealkylation sites (tertiary alicyclic amines) is 1. The summed E-state index contributed by atoms with van der Waals surface area (Å²) in [5, 5.41) is 7.61. The van der Waals surface area contributed by atoms with E-state index in [1.807, 2.05) is 42.5 Å². The molecule has 2 aromatic carbocycles. The normalized spacial score (nSPS) is 16.3. The molecule has 3 amide bonds. The number of aliphatic imine (C=N–C) groups is 1. The molecule has 1 heterocycles. The number of carbonyl (C=O) groups excluding carboxylic acids is 3. The van der Waals surface area contributed by atoms with Crippen LogP contribution in [0, 0.1) is 0 Å². The zero-order chi connectivity index (χ0) is 26.3. The predicted octanol–water partition coefficient (Wildman–Crippen LogP) is 2.72. The van der Waals surface area contributed by atoms with Crippen molar-refractivity contribution in [3.63, 3.8) is 0 Å². The lowest BCUT2D eigenvalue weighted by atomic mass is 10.1. The van der Waals surface area contributed by atoms with Gasteiger partial charge in [-0.15, -0.1) is 0 Å². The van der Waals surface area contributed by atoms with Gasteiger partial charge in [-0.3, -0.25) is 14.6 Å². The fourth-order valence-corrected chi connectivity index (χ4v) is 4.26. The van der Waals surface area contributed by atoms with Gasteiger partial charge in [0, 0.05) is 24.2 Å². The first kappa shape index (κ1) is 26.8. The highest BCUT2D eigenvalue weighted by Gasteiger charge is 2.38. The molecular formula is C26H36N6O4. The van der Waals surface area contributed by atoms with E-state index in [1.54, 1.807) is 25.7 Å². The van der Waals surface area contributed by atoms with Gasteiger partial charge in [0.15, 0.2) is 5.96 Å². The fourth-order valence-electron chi connectivity index (χ4n) is 4.26. The molecule has 0 bridgehead atoms. The van der Waals surface area contributed by atoms with Gasteiger partial charge in [-0.05, 0) is 57.9 Å². The first-order valence-electron chi connectivity index (χ1n) is 12.2. The number of carbonyl (C=O) groups is 3. The summed E-state index contributed by atoms with van der Waals surface area (Å²) in [5.41, 5.74) is 10.7. The number of nitrogens with one attached hydrogen (secondary N) is 2. The van der Waals surface area contributed by atoms with Crippen molar-refractivity contribution in [2.45, 2.75) is 64.1 Å². The van der Waals surface area contributed by atoms with E-state index < -0.39 is 23.8 Å². The van der Waals surface area contributed by atoms with Crippen LogP contribution in [0.15, 0.2) is 47.5 Å². The number of fused-ring (bicyclic) bond motifs is 1. The van der Waals surface area contributed by atoms with Crippen LogP contribution in [0.25, 0.3) is 10.8 Å². The summed E-state index contributed by atoms with van der Waals surface area (Å²) < 4.78 is 5.35. The Hall–Kier alpha value is -3.82. The second-order valence-electron chi connectivity index (χ2n) is 9.85. The number of benzene rings is 2. The Morgan fingerprint density at radius 3 is 2.58 bits per heavy atom. The number of rotatable bonds is 8. The van der Waals surface area contributed by atoms with Gasteiger partial charge < -0.3 is 31.7 Å². The summed E-state index contributed by atoms with van der Waals surface area (Å²) in [7, 11) is 0. The van der Waals surface area contributed by atoms with Gasteiger partial charge in [0.1, 0.15) is 17.7 Å². The van der Waals surface area contributed by atoms with Gasteiger partial charge in [-0.1, -0.05) is 36.4 Å². The number of alkyl carbamates (subject to hydrolysis) is 1. The third-order valence-corrected chi connectivity index (χ3v) is 5.82. The Balaban J connectivity index is 1.74. The largest absolute Gasteiger partial charge is 0.444 e. The minimum absolute atomic E-state index is 0.0392. The second kappa shape index (κ2) is 11.7. The highest BCUT2D eigenvalue weighted by atomic mass is 16.6. The van der Waals surface area contributed by atoms with Crippen LogP contribution in [0.2, 0.25) is 0 Å². The van der Waals surface area contributed by atoms with E-state index in [4.69, 9.17) is 16.2 Å². The first-order chi connectivity index (χ1) is 17.0. The molecule has 1 aliphatic rings. The minimum Gasteiger partial charge on any atom is -0.444 e. The summed E-state index contributed by atoms with van der Waals surface area (Å²) in [6, 6.07) is 12.0. The Bertz CT molecular complexity index is 1120. The van der Waals surface area contributed by atoms with E-state index in [0.717, 1.165) is 10.8 Å². The number of guanidine groups is 1. The predicted molar refractivity (Wildman–Crippen MR) is 140 cm³/mol. The number of nitrogens with zero attached hydrogens (tertiary/aromatic N) is 2. The van der Waals surface area contributed by atoms with Gasteiger partial charge in [0.2, 0.25) is 11.8 Å². The zero-order valence-corrected chi connectivity index (χ0v) is 21.1. The van der Waals surface area contributed by atoms with Crippen molar-refractivity contribution in [3.05, 3.63) is 42.5 Å². The fraction of sp³-hybridized carbons (Fsp3) is 0.462.